The van der Waals surface area contributed by atoms with Gasteiger partial charge in [0.25, 0.3) is 5.91 Å². The average Bonchev–Trinajstić information content (AvgIpc) is 2.76. The fraction of sp³-hybridized carbons (Fsp3) is 0.450. The van der Waals surface area contributed by atoms with E-state index in [0.29, 0.717) is 25.2 Å². The average molecular weight is 400 g/mol. The number of nitrogens with one attached hydrogen (secondary N) is 1. The van der Waals surface area contributed by atoms with E-state index in [9.17, 15) is 19.2 Å². The number of barbiturate groups is 1. The van der Waals surface area contributed by atoms with Gasteiger partial charge in [-0.25, -0.2) is 4.79 Å². The fourth-order valence-corrected chi connectivity index (χ4v) is 3.51. The summed E-state index contributed by atoms with van der Waals surface area (Å²) in [5.74, 6) is -2.10. The van der Waals surface area contributed by atoms with Crippen LogP contribution in [-0.2, 0) is 9.59 Å². The Morgan fingerprint density at radius 3 is 2.24 bits per heavy atom. The van der Waals surface area contributed by atoms with Crippen LogP contribution in [-0.4, -0.2) is 98.0 Å². The number of carbonyl (C=O) groups is 4. The van der Waals surface area contributed by atoms with Gasteiger partial charge in [-0.15, -0.1) is 0 Å². The minimum Gasteiger partial charge on any atom is -0.330 e. The summed E-state index contributed by atoms with van der Waals surface area (Å²) < 4.78 is 0. The molecule has 0 saturated carbocycles. The summed E-state index contributed by atoms with van der Waals surface area (Å²) in [6, 6.07) is 8.64. The molecule has 9 heteroatoms. The van der Waals surface area contributed by atoms with E-state index in [0.717, 1.165) is 29.4 Å². The number of hydrogen-bond acceptors (Lipinski definition) is 5. The molecule has 0 radical (unpaired) electrons. The summed E-state index contributed by atoms with van der Waals surface area (Å²) in [6.45, 7) is 4.25. The van der Waals surface area contributed by atoms with Crippen molar-refractivity contribution in [3.8, 4) is 0 Å². The van der Waals surface area contributed by atoms with Gasteiger partial charge >= 0.3 is 6.03 Å². The smallest absolute Gasteiger partial charge is 0.330 e. The Balaban J connectivity index is 1.45. The van der Waals surface area contributed by atoms with Gasteiger partial charge in [0.2, 0.25) is 11.8 Å². The molecule has 1 N–H and O–H groups in total. The first-order chi connectivity index (χ1) is 13.9. The molecule has 2 saturated heterocycles. The number of aliphatic imine (C=N–C) groups is 1. The highest BCUT2D eigenvalue weighted by molar-refractivity contribution is 6.23. The zero-order chi connectivity index (χ0) is 21.0. The van der Waals surface area contributed by atoms with Crippen LogP contribution in [0.3, 0.4) is 0 Å². The second-order valence-corrected chi connectivity index (χ2v) is 7.27. The Bertz CT molecular complexity index is 793. The van der Waals surface area contributed by atoms with Crippen molar-refractivity contribution >= 4 is 30.0 Å². The van der Waals surface area contributed by atoms with Crippen LogP contribution in [0, 0.1) is 5.92 Å². The normalized spacial score (nSPS) is 19.5. The Morgan fingerprint density at radius 1 is 1.07 bits per heavy atom. The van der Waals surface area contributed by atoms with Crippen molar-refractivity contribution in [3.05, 3.63) is 35.9 Å². The van der Waals surface area contributed by atoms with Gasteiger partial charge in [0.15, 0.2) is 5.92 Å². The van der Waals surface area contributed by atoms with Crippen LogP contribution < -0.4 is 4.90 Å². The minimum atomic E-state index is -1.04. The van der Waals surface area contributed by atoms with Gasteiger partial charge in [-0.3, -0.25) is 29.2 Å². The maximum atomic E-state index is 12.5. The van der Waals surface area contributed by atoms with Gasteiger partial charge in [0, 0.05) is 25.9 Å². The number of urea groups is 1. The Morgan fingerprint density at radius 2 is 1.66 bits per heavy atom. The second kappa shape index (κ2) is 8.95. The molecule has 0 aliphatic carbocycles. The molecule has 0 atom stereocenters. The molecule has 9 nitrogen and oxygen atoms in total. The predicted molar refractivity (Wildman–Crippen MR) is 106 cm³/mol. The molecule has 0 spiro atoms. The van der Waals surface area contributed by atoms with Gasteiger partial charge in [-0.05, 0) is 12.1 Å². The highest BCUT2D eigenvalue weighted by Gasteiger charge is 2.41. The molecule has 0 bridgehead atoms. The third-order valence-corrected chi connectivity index (χ3v) is 5.39. The third-order valence-electron chi connectivity index (χ3n) is 5.39. The largest absolute Gasteiger partial charge is 0.332 e. The van der Waals surface area contributed by atoms with E-state index in [1.165, 1.54) is 25.2 Å². The van der Waals surface area contributed by atoms with Crippen LogP contribution >= 0.6 is 0 Å². The van der Waals surface area contributed by atoms with Crippen LogP contribution in [0.25, 0.3) is 0 Å². The lowest BCUT2D eigenvalue weighted by Gasteiger charge is -2.32. The topological polar surface area (TPSA) is 94.8 Å². The van der Waals surface area contributed by atoms with Crippen molar-refractivity contribution in [1.29, 1.82) is 0 Å². The van der Waals surface area contributed by atoms with Crippen LogP contribution in [0.4, 0.5) is 4.79 Å². The molecule has 2 fully saturated rings. The predicted octanol–water partition coefficient (Wildman–Crippen LogP) is -1.24. The molecule has 154 valence electrons. The summed E-state index contributed by atoms with van der Waals surface area (Å²) in [7, 11) is 2.71. The quantitative estimate of drug-likeness (QED) is 0.494. The standard InChI is InChI=1S/C20H25N5O4/c1-22-18(27)16(19(28)23(2)20(22)29)14-21-8-9-24-10-12-25(13-11-24)17(26)15-6-4-3-5-7-15/h3-7,14,16H,8-13H2,1-2H3/p+1. The van der Waals surface area contributed by atoms with E-state index < -0.39 is 23.8 Å². The highest BCUT2D eigenvalue weighted by Crippen LogP contribution is 2.13. The number of rotatable bonds is 5. The van der Waals surface area contributed by atoms with E-state index in [1.807, 2.05) is 35.2 Å². The molecule has 2 heterocycles. The third kappa shape index (κ3) is 4.51. The van der Waals surface area contributed by atoms with Crippen LogP contribution in [0.15, 0.2) is 35.3 Å². The molecule has 5 amide bonds. The summed E-state index contributed by atoms with van der Waals surface area (Å²) in [6.07, 6.45) is 1.35. The van der Waals surface area contributed by atoms with Crippen molar-refractivity contribution in [2.24, 2.45) is 10.9 Å². The van der Waals surface area contributed by atoms with Crippen molar-refractivity contribution in [3.63, 3.8) is 0 Å². The Labute approximate surface area is 169 Å². The molecule has 3 rings (SSSR count). The number of quaternary nitrogens is 1. The molecule has 1 aromatic rings. The fourth-order valence-electron chi connectivity index (χ4n) is 3.51. The van der Waals surface area contributed by atoms with Crippen molar-refractivity contribution < 1.29 is 24.1 Å². The van der Waals surface area contributed by atoms with E-state index in [4.69, 9.17) is 0 Å². The van der Waals surface area contributed by atoms with Gasteiger partial charge in [-0.2, -0.15) is 0 Å². The lowest BCUT2D eigenvalue weighted by Crippen LogP contribution is -3.15. The molecular formula is C20H26N5O4+. The van der Waals surface area contributed by atoms with Crippen molar-refractivity contribution in [2.45, 2.75) is 0 Å². The van der Waals surface area contributed by atoms with E-state index >= 15 is 0 Å². The number of benzene rings is 1. The molecule has 2 aliphatic rings. The molecule has 0 aromatic heterocycles. The second-order valence-electron chi connectivity index (χ2n) is 7.27. The number of hydrogen-bond donors (Lipinski definition) is 1. The monoisotopic (exact) mass is 400 g/mol. The summed E-state index contributed by atoms with van der Waals surface area (Å²) in [5, 5.41) is 0. The molecular weight excluding hydrogens is 374 g/mol. The van der Waals surface area contributed by atoms with Crippen molar-refractivity contribution in [1.82, 2.24) is 14.7 Å². The molecule has 0 unspecified atom stereocenters. The van der Waals surface area contributed by atoms with E-state index in [2.05, 4.69) is 4.99 Å². The van der Waals surface area contributed by atoms with Gasteiger partial charge < -0.3 is 9.80 Å². The first-order valence-electron chi connectivity index (χ1n) is 9.67. The SMILES string of the molecule is CN1C(=O)C(C=NCC[NH+]2CCN(C(=O)c3ccccc3)CC2)C(=O)N(C)C1=O. The Hall–Kier alpha value is -3.07. The van der Waals surface area contributed by atoms with Gasteiger partial charge in [0.1, 0.15) is 0 Å². The van der Waals surface area contributed by atoms with E-state index in [-0.39, 0.29) is 5.91 Å². The van der Waals surface area contributed by atoms with Crippen LogP contribution in [0.5, 0.6) is 0 Å². The number of nitrogens with zero attached hydrogens (tertiary/aromatic N) is 4. The molecule has 2 aliphatic heterocycles. The summed E-state index contributed by atoms with van der Waals surface area (Å²) in [4.78, 5) is 57.8. The first kappa shape index (κ1) is 20.7. The minimum absolute atomic E-state index is 0.0554. The number of piperazine rings is 1. The van der Waals surface area contributed by atoms with Crippen molar-refractivity contribution in [2.75, 3.05) is 53.4 Å². The first-order valence-corrected chi connectivity index (χ1v) is 9.67. The lowest BCUT2D eigenvalue weighted by atomic mass is 10.1. The zero-order valence-electron chi connectivity index (χ0n) is 16.7. The zero-order valence-corrected chi connectivity index (χ0v) is 16.7. The highest BCUT2D eigenvalue weighted by atomic mass is 16.2. The molecule has 29 heavy (non-hydrogen) atoms. The number of amides is 5. The van der Waals surface area contributed by atoms with Gasteiger partial charge in [-0.1, -0.05) is 18.2 Å². The lowest BCUT2D eigenvalue weighted by molar-refractivity contribution is -0.902. The Kier molecular flexibility index (Phi) is 6.38. The van der Waals surface area contributed by atoms with Gasteiger partial charge in [0.05, 0.1) is 39.3 Å². The van der Waals surface area contributed by atoms with Crippen LogP contribution in [0.1, 0.15) is 10.4 Å². The maximum Gasteiger partial charge on any atom is 0.332 e. The van der Waals surface area contributed by atoms with Crippen LogP contribution in [0.2, 0.25) is 0 Å². The number of imide groups is 2. The number of carbonyl (C=O) groups excluding carboxylic acids is 4. The molecule has 1 aromatic carbocycles. The maximum absolute atomic E-state index is 12.5. The van der Waals surface area contributed by atoms with E-state index in [1.54, 1.807) is 0 Å². The summed E-state index contributed by atoms with van der Waals surface area (Å²) in [5.41, 5.74) is 0.704. The summed E-state index contributed by atoms with van der Waals surface area (Å²) >= 11 is 0.